The summed E-state index contributed by atoms with van der Waals surface area (Å²) in [6.07, 6.45) is 1.96. The second-order valence-corrected chi connectivity index (χ2v) is 4.19. The van der Waals surface area contributed by atoms with Crippen LogP contribution < -0.4 is 0 Å². The molecule has 0 unspecified atom stereocenters. The molecule has 0 aliphatic rings. The number of hydrogen-bond donors (Lipinski definition) is 0. The van der Waals surface area contributed by atoms with E-state index in [4.69, 9.17) is 4.74 Å². The summed E-state index contributed by atoms with van der Waals surface area (Å²) >= 11 is 3.33. The van der Waals surface area contributed by atoms with Gasteiger partial charge in [-0.05, 0) is 37.1 Å². The first-order chi connectivity index (χ1) is 7.67. The van der Waals surface area contributed by atoms with Crippen molar-refractivity contribution in [2.45, 2.75) is 19.8 Å². The second-order valence-electron chi connectivity index (χ2n) is 3.27. The monoisotopic (exact) mass is 284 g/mol. The van der Waals surface area contributed by atoms with E-state index in [2.05, 4.69) is 15.9 Å². The Morgan fingerprint density at radius 1 is 1.44 bits per heavy atom. The van der Waals surface area contributed by atoms with Gasteiger partial charge in [-0.15, -0.1) is 0 Å². The molecule has 0 N–H and O–H groups in total. The highest BCUT2D eigenvalue weighted by Gasteiger charge is 2.08. The Kier molecular flexibility index (Phi) is 5.19. The number of aldehydes is 1. The lowest BCUT2D eigenvalue weighted by Crippen LogP contribution is -2.05. The van der Waals surface area contributed by atoms with Gasteiger partial charge in [0.05, 0.1) is 12.2 Å². The van der Waals surface area contributed by atoms with Crippen LogP contribution in [0.15, 0.2) is 22.7 Å². The van der Waals surface area contributed by atoms with E-state index in [0.717, 1.165) is 16.3 Å². The van der Waals surface area contributed by atoms with Crippen molar-refractivity contribution in [1.82, 2.24) is 0 Å². The van der Waals surface area contributed by atoms with E-state index in [1.54, 1.807) is 19.1 Å². The number of rotatable bonds is 5. The molecule has 0 saturated heterocycles. The largest absolute Gasteiger partial charge is 0.462 e. The first-order valence-corrected chi connectivity index (χ1v) is 5.87. The van der Waals surface area contributed by atoms with Crippen LogP contribution in [0.5, 0.6) is 0 Å². The summed E-state index contributed by atoms with van der Waals surface area (Å²) in [7, 11) is 0. The van der Waals surface area contributed by atoms with Crippen molar-refractivity contribution in [2.24, 2.45) is 0 Å². The summed E-state index contributed by atoms with van der Waals surface area (Å²) in [5.41, 5.74) is 1.46. The molecular formula is C12H13BrO3. The Hall–Kier alpha value is -1.16. The Bertz CT molecular complexity index is 388. The summed E-state index contributed by atoms with van der Waals surface area (Å²) < 4.78 is 5.73. The number of hydrogen-bond acceptors (Lipinski definition) is 3. The van der Waals surface area contributed by atoms with Gasteiger partial charge in [0.15, 0.2) is 0 Å². The molecule has 0 atom stereocenters. The number of benzene rings is 1. The van der Waals surface area contributed by atoms with E-state index in [1.165, 1.54) is 0 Å². The van der Waals surface area contributed by atoms with Crippen molar-refractivity contribution in [2.75, 3.05) is 6.61 Å². The summed E-state index contributed by atoms with van der Waals surface area (Å²) in [5.74, 6) is -0.337. The molecule has 0 saturated carbocycles. The summed E-state index contributed by atoms with van der Waals surface area (Å²) in [5, 5.41) is 0. The molecule has 0 heterocycles. The third-order valence-electron chi connectivity index (χ3n) is 2.02. The van der Waals surface area contributed by atoms with Gasteiger partial charge in [0.25, 0.3) is 0 Å². The maximum atomic E-state index is 11.5. The van der Waals surface area contributed by atoms with Crippen molar-refractivity contribution >= 4 is 28.2 Å². The highest BCUT2D eigenvalue weighted by atomic mass is 79.9. The summed E-state index contributed by atoms with van der Waals surface area (Å²) in [6, 6.07) is 5.36. The minimum absolute atomic E-state index is 0.337. The number of esters is 1. The number of carbonyl (C=O) groups is 2. The quantitative estimate of drug-likeness (QED) is 0.617. The molecule has 1 aromatic rings. The molecule has 0 fully saturated rings. The zero-order valence-corrected chi connectivity index (χ0v) is 10.6. The molecule has 0 radical (unpaired) electrons. The van der Waals surface area contributed by atoms with Gasteiger partial charge >= 0.3 is 5.97 Å². The van der Waals surface area contributed by atoms with Crippen LogP contribution in [0, 0.1) is 0 Å². The highest BCUT2D eigenvalue weighted by Crippen LogP contribution is 2.17. The Labute approximate surface area is 103 Å². The molecule has 16 heavy (non-hydrogen) atoms. The smallest absolute Gasteiger partial charge is 0.338 e. The molecule has 0 amide bonds. The summed E-state index contributed by atoms with van der Waals surface area (Å²) in [4.78, 5) is 21.8. The summed E-state index contributed by atoms with van der Waals surface area (Å²) in [6.45, 7) is 2.12. The van der Waals surface area contributed by atoms with Crippen LogP contribution in [0.3, 0.4) is 0 Å². The molecule has 0 bridgehead atoms. The van der Waals surface area contributed by atoms with Crippen molar-refractivity contribution in [3.05, 3.63) is 33.8 Å². The maximum absolute atomic E-state index is 11.5. The average molecular weight is 285 g/mol. The standard InChI is InChI=1S/C12H13BrO3/c1-2-16-12(15)10-6-9(4-3-5-14)7-11(13)8-10/h5-8H,2-4H2,1H3. The van der Waals surface area contributed by atoms with Gasteiger partial charge in [0, 0.05) is 10.9 Å². The molecule has 1 rings (SSSR count). The van der Waals surface area contributed by atoms with Gasteiger partial charge in [0.1, 0.15) is 6.29 Å². The van der Waals surface area contributed by atoms with Crippen molar-refractivity contribution in [1.29, 1.82) is 0 Å². The fraction of sp³-hybridized carbons (Fsp3) is 0.333. The molecule has 0 aliphatic heterocycles. The van der Waals surface area contributed by atoms with Crippen LogP contribution in [0.4, 0.5) is 0 Å². The number of carbonyl (C=O) groups excluding carboxylic acids is 2. The van der Waals surface area contributed by atoms with Gasteiger partial charge in [-0.1, -0.05) is 15.9 Å². The minimum Gasteiger partial charge on any atom is -0.462 e. The second kappa shape index (κ2) is 6.43. The van der Waals surface area contributed by atoms with Crippen LogP contribution >= 0.6 is 15.9 Å². The molecular weight excluding hydrogens is 272 g/mol. The molecule has 0 spiro atoms. The topological polar surface area (TPSA) is 43.4 Å². The van der Waals surface area contributed by atoms with Crippen LogP contribution in [0.25, 0.3) is 0 Å². The first kappa shape index (κ1) is 12.9. The molecule has 1 aromatic carbocycles. The van der Waals surface area contributed by atoms with Crippen molar-refractivity contribution < 1.29 is 14.3 Å². The van der Waals surface area contributed by atoms with Gasteiger partial charge in [-0.3, -0.25) is 0 Å². The van der Waals surface area contributed by atoms with Crippen LogP contribution in [-0.4, -0.2) is 18.9 Å². The predicted molar refractivity (Wildman–Crippen MR) is 64.5 cm³/mol. The van der Waals surface area contributed by atoms with E-state index < -0.39 is 0 Å². The SMILES string of the molecule is CCOC(=O)c1cc(Br)cc(CCC=O)c1. The molecule has 0 aromatic heterocycles. The first-order valence-electron chi connectivity index (χ1n) is 5.07. The molecule has 86 valence electrons. The lowest BCUT2D eigenvalue weighted by Gasteiger charge is -2.05. The molecule has 0 aliphatic carbocycles. The average Bonchev–Trinajstić information content (AvgIpc) is 2.26. The molecule has 4 heteroatoms. The number of aryl methyl sites for hydroxylation is 1. The zero-order chi connectivity index (χ0) is 12.0. The predicted octanol–water partition coefficient (Wildman–Crippen LogP) is 2.76. The van der Waals surface area contributed by atoms with E-state index in [9.17, 15) is 9.59 Å². The Morgan fingerprint density at radius 2 is 2.19 bits per heavy atom. The maximum Gasteiger partial charge on any atom is 0.338 e. The fourth-order valence-electron chi connectivity index (χ4n) is 1.35. The highest BCUT2D eigenvalue weighted by molar-refractivity contribution is 9.10. The minimum atomic E-state index is -0.337. The number of halogens is 1. The lowest BCUT2D eigenvalue weighted by atomic mass is 10.1. The Morgan fingerprint density at radius 3 is 2.81 bits per heavy atom. The molecule has 3 nitrogen and oxygen atoms in total. The normalized spacial score (nSPS) is 9.88. The van der Waals surface area contributed by atoms with Crippen molar-refractivity contribution in [3.63, 3.8) is 0 Å². The van der Waals surface area contributed by atoms with Gasteiger partial charge in [0.2, 0.25) is 0 Å². The lowest BCUT2D eigenvalue weighted by molar-refractivity contribution is -0.107. The third kappa shape index (κ3) is 3.77. The van der Waals surface area contributed by atoms with Gasteiger partial charge < -0.3 is 9.53 Å². The fourth-order valence-corrected chi connectivity index (χ4v) is 1.89. The van der Waals surface area contributed by atoms with E-state index >= 15 is 0 Å². The van der Waals surface area contributed by atoms with Crippen molar-refractivity contribution in [3.8, 4) is 0 Å². The van der Waals surface area contributed by atoms with E-state index in [1.807, 2.05) is 6.07 Å². The van der Waals surface area contributed by atoms with E-state index in [-0.39, 0.29) is 5.97 Å². The zero-order valence-electron chi connectivity index (χ0n) is 9.03. The van der Waals surface area contributed by atoms with Crippen LogP contribution in [0.2, 0.25) is 0 Å². The van der Waals surface area contributed by atoms with E-state index in [0.29, 0.717) is 25.0 Å². The van der Waals surface area contributed by atoms with Gasteiger partial charge in [-0.2, -0.15) is 0 Å². The van der Waals surface area contributed by atoms with Gasteiger partial charge in [-0.25, -0.2) is 4.79 Å². The third-order valence-corrected chi connectivity index (χ3v) is 2.48. The Balaban J connectivity index is 2.88. The van der Waals surface area contributed by atoms with Crippen LogP contribution in [0.1, 0.15) is 29.3 Å². The number of ether oxygens (including phenoxy) is 1. The van der Waals surface area contributed by atoms with Crippen LogP contribution in [-0.2, 0) is 16.0 Å².